The van der Waals surface area contributed by atoms with Crippen LogP contribution in [0.25, 0.3) is 0 Å². The highest BCUT2D eigenvalue weighted by atomic mass is 19.1. The largest absolute Gasteiger partial charge is 0.382 e. The van der Waals surface area contributed by atoms with Crippen LogP contribution >= 0.6 is 0 Å². The number of hydrogen-bond donors (Lipinski definition) is 1. The maximum Gasteiger partial charge on any atom is 0.126 e. The van der Waals surface area contributed by atoms with Crippen molar-refractivity contribution >= 4 is 5.69 Å². The Morgan fingerprint density at radius 3 is 2.47 bits per heavy atom. The summed E-state index contributed by atoms with van der Waals surface area (Å²) in [6.45, 7) is 2.08. The van der Waals surface area contributed by atoms with Crippen LogP contribution in [0.2, 0.25) is 0 Å². The van der Waals surface area contributed by atoms with Crippen molar-refractivity contribution in [2.75, 3.05) is 5.32 Å². The van der Waals surface area contributed by atoms with Crippen LogP contribution < -0.4 is 5.32 Å². The van der Waals surface area contributed by atoms with Gasteiger partial charge in [-0.1, -0.05) is 18.2 Å². The van der Waals surface area contributed by atoms with E-state index in [1.165, 1.54) is 12.1 Å². The minimum atomic E-state index is -0.515. The Bertz CT molecular complexity index is 589. The van der Waals surface area contributed by atoms with Gasteiger partial charge in [0.25, 0.3) is 0 Å². The Morgan fingerprint density at radius 2 is 1.74 bits per heavy atom. The molecule has 1 aliphatic rings. The summed E-state index contributed by atoms with van der Waals surface area (Å²) in [4.78, 5) is 0. The van der Waals surface area contributed by atoms with E-state index in [0.29, 0.717) is 5.56 Å². The Balaban J connectivity index is 2.09. The highest BCUT2D eigenvalue weighted by Crippen LogP contribution is 2.38. The summed E-state index contributed by atoms with van der Waals surface area (Å²) < 4.78 is 26.8. The van der Waals surface area contributed by atoms with Gasteiger partial charge in [-0.05, 0) is 42.7 Å². The van der Waals surface area contributed by atoms with Gasteiger partial charge in [0.2, 0.25) is 0 Å². The van der Waals surface area contributed by atoms with Gasteiger partial charge in [0.15, 0.2) is 0 Å². The molecule has 2 atom stereocenters. The fourth-order valence-corrected chi connectivity index (χ4v) is 2.83. The lowest BCUT2D eigenvalue weighted by Crippen LogP contribution is -2.25. The number of fused-ring (bicyclic) bond motifs is 1. The van der Waals surface area contributed by atoms with Crippen LogP contribution in [0.1, 0.15) is 30.4 Å². The van der Waals surface area contributed by atoms with Crippen molar-refractivity contribution in [1.29, 1.82) is 0 Å². The van der Waals surface area contributed by atoms with Crippen molar-refractivity contribution in [3.05, 3.63) is 65.2 Å². The Morgan fingerprint density at radius 1 is 1.05 bits per heavy atom. The molecule has 19 heavy (non-hydrogen) atoms. The Hall–Kier alpha value is -1.90. The molecule has 3 rings (SSSR count). The first kappa shape index (κ1) is 12.2. The van der Waals surface area contributed by atoms with Crippen LogP contribution in [0.5, 0.6) is 0 Å². The highest BCUT2D eigenvalue weighted by molar-refractivity contribution is 5.58. The second kappa shape index (κ2) is 4.65. The summed E-state index contributed by atoms with van der Waals surface area (Å²) in [6.07, 6.45) is 0.833. The summed E-state index contributed by atoms with van der Waals surface area (Å²) in [5.41, 5.74) is 2.86. The first-order valence-electron chi connectivity index (χ1n) is 6.45. The number of benzene rings is 2. The van der Waals surface area contributed by atoms with Gasteiger partial charge in [0.1, 0.15) is 11.6 Å². The molecule has 0 radical (unpaired) electrons. The molecule has 2 aromatic rings. The third-order valence-corrected chi connectivity index (χ3v) is 3.61. The van der Waals surface area contributed by atoms with Crippen LogP contribution in [-0.2, 0) is 0 Å². The molecular formula is C16H15F2N. The maximum atomic E-state index is 13.4. The van der Waals surface area contributed by atoms with E-state index in [4.69, 9.17) is 0 Å². The van der Waals surface area contributed by atoms with Gasteiger partial charge in [-0.25, -0.2) is 8.78 Å². The van der Waals surface area contributed by atoms with Crippen LogP contribution in [0, 0.1) is 11.6 Å². The molecule has 0 bridgehead atoms. The lowest BCUT2D eigenvalue weighted by molar-refractivity contribution is 0.565. The van der Waals surface area contributed by atoms with E-state index in [-0.39, 0.29) is 12.0 Å². The van der Waals surface area contributed by atoms with Crippen molar-refractivity contribution in [1.82, 2.24) is 0 Å². The zero-order valence-corrected chi connectivity index (χ0v) is 10.7. The lowest BCUT2D eigenvalue weighted by atomic mass is 9.82. The molecule has 3 heteroatoms. The first-order valence-corrected chi connectivity index (χ1v) is 6.45. The first-order chi connectivity index (χ1) is 9.13. The quantitative estimate of drug-likeness (QED) is 0.805. The highest BCUT2D eigenvalue weighted by Gasteiger charge is 2.25. The number of hydrogen-bond acceptors (Lipinski definition) is 1. The molecule has 0 aromatic heterocycles. The van der Waals surface area contributed by atoms with Crippen LogP contribution in [0.4, 0.5) is 14.5 Å². The van der Waals surface area contributed by atoms with Crippen LogP contribution in [-0.4, -0.2) is 6.04 Å². The van der Waals surface area contributed by atoms with Crippen LogP contribution in [0.15, 0.2) is 42.5 Å². The molecule has 0 amide bonds. The summed E-state index contributed by atoms with van der Waals surface area (Å²) in [5, 5.41) is 3.40. The molecule has 0 saturated carbocycles. The van der Waals surface area contributed by atoms with Gasteiger partial charge >= 0.3 is 0 Å². The molecule has 1 N–H and O–H groups in total. The third kappa shape index (κ3) is 2.33. The van der Waals surface area contributed by atoms with Gasteiger partial charge in [0.05, 0.1) is 0 Å². The molecule has 2 aromatic carbocycles. The van der Waals surface area contributed by atoms with Crippen molar-refractivity contribution in [3.63, 3.8) is 0 Å². The van der Waals surface area contributed by atoms with Gasteiger partial charge in [-0.15, -0.1) is 0 Å². The van der Waals surface area contributed by atoms with Gasteiger partial charge in [0, 0.05) is 23.7 Å². The second-order valence-corrected chi connectivity index (χ2v) is 5.12. The molecule has 0 aliphatic carbocycles. The summed E-state index contributed by atoms with van der Waals surface area (Å²) in [5.74, 6) is -0.991. The van der Waals surface area contributed by atoms with Gasteiger partial charge in [-0.3, -0.25) is 0 Å². The maximum absolute atomic E-state index is 13.4. The Labute approximate surface area is 111 Å². The van der Waals surface area contributed by atoms with E-state index < -0.39 is 11.6 Å². The predicted octanol–water partition coefficient (Wildman–Crippen LogP) is 4.30. The zero-order chi connectivity index (χ0) is 13.4. The molecule has 98 valence electrons. The molecule has 1 aliphatic heterocycles. The van der Waals surface area contributed by atoms with E-state index in [9.17, 15) is 8.78 Å². The number of para-hydroxylation sites is 1. The fourth-order valence-electron chi connectivity index (χ4n) is 2.83. The normalized spacial score (nSPS) is 21.6. The topological polar surface area (TPSA) is 12.0 Å². The molecule has 1 nitrogen and oxygen atoms in total. The molecular weight excluding hydrogens is 244 g/mol. The SMILES string of the molecule is CC1CC(c2cc(F)cc(F)c2)c2ccccc2N1. The fraction of sp³-hybridized carbons (Fsp3) is 0.250. The van der Waals surface area contributed by atoms with Crippen molar-refractivity contribution in [3.8, 4) is 0 Å². The average Bonchev–Trinajstić information content (AvgIpc) is 2.36. The number of anilines is 1. The van der Waals surface area contributed by atoms with E-state index in [1.54, 1.807) is 0 Å². The van der Waals surface area contributed by atoms with Gasteiger partial charge in [-0.2, -0.15) is 0 Å². The van der Waals surface area contributed by atoms with Gasteiger partial charge < -0.3 is 5.32 Å². The van der Waals surface area contributed by atoms with E-state index in [1.807, 2.05) is 24.3 Å². The monoisotopic (exact) mass is 259 g/mol. The van der Waals surface area contributed by atoms with Crippen LogP contribution in [0.3, 0.4) is 0 Å². The standard InChI is InChI=1S/C16H15F2N/c1-10-6-15(11-7-12(17)9-13(18)8-11)14-4-2-3-5-16(14)19-10/h2-5,7-10,15,19H,6H2,1H3. The average molecular weight is 259 g/mol. The lowest BCUT2D eigenvalue weighted by Gasteiger charge is -2.31. The minimum Gasteiger partial charge on any atom is -0.382 e. The van der Waals surface area contributed by atoms with Crippen molar-refractivity contribution < 1.29 is 8.78 Å². The van der Waals surface area contributed by atoms with Crippen molar-refractivity contribution in [2.24, 2.45) is 0 Å². The third-order valence-electron chi connectivity index (χ3n) is 3.61. The zero-order valence-electron chi connectivity index (χ0n) is 10.7. The summed E-state index contributed by atoms with van der Waals surface area (Å²) in [6, 6.07) is 12.0. The smallest absolute Gasteiger partial charge is 0.126 e. The minimum absolute atomic E-state index is 0.0395. The molecule has 1 heterocycles. The summed E-state index contributed by atoms with van der Waals surface area (Å²) in [7, 11) is 0. The van der Waals surface area contributed by atoms with E-state index >= 15 is 0 Å². The number of halogens is 2. The van der Waals surface area contributed by atoms with Crippen molar-refractivity contribution in [2.45, 2.75) is 25.3 Å². The van der Waals surface area contributed by atoms with E-state index in [2.05, 4.69) is 12.2 Å². The molecule has 0 saturated heterocycles. The Kier molecular flexibility index (Phi) is 2.97. The molecule has 0 spiro atoms. The molecule has 0 fully saturated rings. The number of nitrogens with one attached hydrogen (secondary N) is 1. The predicted molar refractivity (Wildman–Crippen MR) is 72.3 cm³/mol. The number of rotatable bonds is 1. The molecule has 2 unspecified atom stereocenters. The van der Waals surface area contributed by atoms with E-state index in [0.717, 1.165) is 23.7 Å². The second-order valence-electron chi connectivity index (χ2n) is 5.12. The summed E-state index contributed by atoms with van der Waals surface area (Å²) >= 11 is 0.